The van der Waals surface area contributed by atoms with Crippen molar-refractivity contribution >= 4 is 35.3 Å². The first-order valence-corrected chi connectivity index (χ1v) is 6.11. The third-order valence-corrected chi connectivity index (χ3v) is 3.00. The standard InChI is InChI=1S/C13H9Cl2N3O/c14-11-2-1-9(7-12(11)15)8-17-18-13(19)10-3-5-16-6-4-10/h1-8H,(H,18,19)/b17-8-. The van der Waals surface area contributed by atoms with E-state index < -0.39 is 0 Å². The molecule has 1 heterocycles. The van der Waals surface area contributed by atoms with Crippen LogP contribution in [0, 0.1) is 0 Å². The second kappa shape index (κ2) is 6.31. The van der Waals surface area contributed by atoms with Crippen molar-refractivity contribution in [2.75, 3.05) is 0 Å². The molecule has 1 aromatic carbocycles. The summed E-state index contributed by atoms with van der Waals surface area (Å²) < 4.78 is 0. The highest BCUT2D eigenvalue weighted by atomic mass is 35.5. The average Bonchev–Trinajstić information content (AvgIpc) is 2.43. The Bertz CT molecular complexity index is 615. The number of amides is 1. The van der Waals surface area contributed by atoms with Crippen molar-refractivity contribution in [1.82, 2.24) is 10.4 Å². The van der Waals surface area contributed by atoms with Gasteiger partial charge in [-0.15, -0.1) is 0 Å². The molecule has 0 atom stereocenters. The van der Waals surface area contributed by atoms with Crippen LogP contribution < -0.4 is 5.43 Å². The molecule has 1 N–H and O–H groups in total. The molecule has 4 nitrogen and oxygen atoms in total. The van der Waals surface area contributed by atoms with E-state index in [0.717, 1.165) is 5.56 Å². The lowest BCUT2D eigenvalue weighted by Gasteiger charge is -1.99. The fraction of sp³-hybridized carbons (Fsp3) is 0. The van der Waals surface area contributed by atoms with E-state index in [0.29, 0.717) is 15.6 Å². The predicted molar refractivity (Wildman–Crippen MR) is 75.8 cm³/mol. The van der Waals surface area contributed by atoms with Crippen molar-refractivity contribution < 1.29 is 4.79 Å². The maximum absolute atomic E-state index is 11.7. The molecule has 2 rings (SSSR count). The van der Waals surface area contributed by atoms with Crippen molar-refractivity contribution in [2.24, 2.45) is 5.10 Å². The van der Waals surface area contributed by atoms with Gasteiger partial charge in [0.2, 0.25) is 0 Å². The van der Waals surface area contributed by atoms with Gasteiger partial charge in [0, 0.05) is 18.0 Å². The summed E-state index contributed by atoms with van der Waals surface area (Å²) in [4.78, 5) is 15.5. The molecule has 0 saturated heterocycles. The summed E-state index contributed by atoms with van der Waals surface area (Å²) in [7, 11) is 0. The first-order valence-electron chi connectivity index (χ1n) is 5.35. The van der Waals surface area contributed by atoms with Gasteiger partial charge in [0.1, 0.15) is 0 Å². The predicted octanol–water partition coefficient (Wildman–Crippen LogP) is 3.15. The molecular formula is C13H9Cl2N3O. The van der Waals surface area contributed by atoms with Gasteiger partial charge in [0.15, 0.2) is 0 Å². The van der Waals surface area contributed by atoms with Crippen LogP contribution in [0.2, 0.25) is 10.0 Å². The molecule has 19 heavy (non-hydrogen) atoms. The monoisotopic (exact) mass is 293 g/mol. The lowest BCUT2D eigenvalue weighted by Crippen LogP contribution is -2.17. The van der Waals surface area contributed by atoms with Gasteiger partial charge in [0.05, 0.1) is 16.3 Å². The van der Waals surface area contributed by atoms with E-state index in [-0.39, 0.29) is 5.91 Å². The highest BCUT2D eigenvalue weighted by Gasteiger charge is 2.02. The minimum absolute atomic E-state index is 0.307. The SMILES string of the molecule is O=C(N/N=C\c1ccc(Cl)c(Cl)c1)c1ccncc1. The minimum atomic E-state index is -0.307. The molecule has 1 amide bonds. The summed E-state index contributed by atoms with van der Waals surface area (Å²) in [5.74, 6) is -0.307. The first-order chi connectivity index (χ1) is 9.16. The lowest BCUT2D eigenvalue weighted by molar-refractivity contribution is 0.0955. The number of hydrogen-bond donors (Lipinski definition) is 1. The Labute approximate surface area is 120 Å². The van der Waals surface area contributed by atoms with Crippen molar-refractivity contribution in [2.45, 2.75) is 0 Å². The Morgan fingerprint density at radius 3 is 2.58 bits per heavy atom. The van der Waals surface area contributed by atoms with E-state index in [9.17, 15) is 4.79 Å². The Morgan fingerprint density at radius 1 is 1.16 bits per heavy atom. The van der Waals surface area contributed by atoms with Crippen molar-refractivity contribution in [3.63, 3.8) is 0 Å². The van der Waals surface area contributed by atoms with Gasteiger partial charge in [-0.25, -0.2) is 5.43 Å². The van der Waals surface area contributed by atoms with Crippen molar-refractivity contribution in [1.29, 1.82) is 0 Å². The Hall–Kier alpha value is -1.91. The van der Waals surface area contributed by atoms with E-state index in [1.165, 1.54) is 18.6 Å². The van der Waals surface area contributed by atoms with Crippen LogP contribution in [0.3, 0.4) is 0 Å². The summed E-state index contributed by atoms with van der Waals surface area (Å²) in [5, 5.41) is 4.75. The minimum Gasteiger partial charge on any atom is -0.267 e. The largest absolute Gasteiger partial charge is 0.271 e. The summed E-state index contributed by atoms with van der Waals surface area (Å²) in [5.41, 5.74) is 3.64. The number of halogens is 2. The van der Waals surface area contributed by atoms with Gasteiger partial charge in [0.25, 0.3) is 5.91 Å². The van der Waals surface area contributed by atoms with Crippen LogP contribution >= 0.6 is 23.2 Å². The zero-order valence-corrected chi connectivity index (χ0v) is 11.2. The molecular weight excluding hydrogens is 285 g/mol. The number of nitrogens with one attached hydrogen (secondary N) is 1. The lowest BCUT2D eigenvalue weighted by atomic mass is 10.2. The molecule has 0 unspecified atom stereocenters. The Balaban J connectivity index is 2.00. The second-order valence-electron chi connectivity index (χ2n) is 3.61. The Morgan fingerprint density at radius 2 is 1.89 bits per heavy atom. The van der Waals surface area contributed by atoms with Gasteiger partial charge >= 0.3 is 0 Å². The van der Waals surface area contributed by atoms with Crippen LogP contribution in [0.15, 0.2) is 47.8 Å². The first kappa shape index (κ1) is 13.5. The van der Waals surface area contributed by atoms with Gasteiger partial charge < -0.3 is 0 Å². The van der Waals surface area contributed by atoms with Crippen LogP contribution in [0.5, 0.6) is 0 Å². The van der Waals surface area contributed by atoms with Gasteiger partial charge in [-0.1, -0.05) is 29.3 Å². The molecule has 0 spiro atoms. The molecule has 0 bridgehead atoms. The van der Waals surface area contributed by atoms with E-state index in [2.05, 4.69) is 15.5 Å². The molecule has 1 aromatic heterocycles. The molecule has 0 aliphatic heterocycles. The average molecular weight is 294 g/mol. The van der Waals surface area contributed by atoms with Gasteiger partial charge in [-0.2, -0.15) is 5.10 Å². The topological polar surface area (TPSA) is 54.4 Å². The number of carbonyl (C=O) groups excluding carboxylic acids is 1. The van der Waals surface area contributed by atoms with Gasteiger partial charge in [-0.3, -0.25) is 9.78 Å². The van der Waals surface area contributed by atoms with Crippen molar-refractivity contribution in [3.8, 4) is 0 Å². The number of pyridine rings is 1. The maximum atomic E-state index is 11.7. The number of benzene rings is 1. The summed E-state index contributed by atoms with van der Waals surface area (Å²) in [6, 6.07) is 8.27. The smallest absolute Gasteiger partial charge is 0.267 e. The fourth-order valence-corrected chi connectivity index (χ4v) is 1.63. The number of hydrogen-bond acceptors (Lipinski definition) is 3. The zero-order valence-electron chi connectivity index (χ0n) is 9.68. The molecule has 0 aliphatic rings. The van der Waals surface area contributed by atoms with Crippen LogP contribution in [0.4, 0.5) is 0 Å². The van der Waals surface area contributed by atoms with Crippen LogP contribution in [-0.2, 0) is 0 Å². The number of carbonyl (C=O) groups is 1. The maximum Gasteiger partial charge on any atom is 0.271 e. The summed E-state index contributed by atoms with van der Waals surface area (Å²) >= 11 is 11.7. The quantitative estimate of drug-likeness (QED) is 0.698. The fourth-order valence-electron chi connectivity index (χ4n) is 1.33. The Kier molecular flexibility index (Phi) is 4.49. The van der Waals surface area contributed by atoms with E-state index in [1.807, 2.05) is 0 Å². The molecule has 0 fully saturated rings. The van der Waals surface area contributed by atoms with E-state index in [4.69, 9.17) is 23.2 Å². The molecule has 6 heteroatoms. The molecule has 0 aliphatic carbocycles. The molecule has 0 radical (unpaired) electrons. The summed E-state index contributed by atoms with van der Waals surface area (Å²) in [6.45, 7) is 0. The van der Waals surface area contributed by atoms with Crippen LogP contribution in [0.1, 0.15) is 15.9 Å². The van der Waals surface area contributed by atoms with Crippen LogP contribution in [0.25, 0.3) is 0 Å². The highest BCUT2D eigenvalue weighted by Crippen LogP contribution is 2.21. The number of aromatic nitrogens is 1. The highest BCUT2D eigenvalue weighted by molar-refractivity contribution is 6.42. The molecule has 0 saturated carbocycles. The molecule has 2 aromatic rings. The normalized spacial score (nSPS) is 10.6. The summed E-state index contributed by atoms with van der Waals surface area (Å²) in [6.07, 6.45) is 4.57. The third kappa shape index (κ3) is 3.77. The number of rotatable bonds is 3. The van der Waals surface area contributed by atoms with E-state index in [1.54, 1.807) is 30.3 Å². The number of nitrogens with zero attached hydrogens (tertiary/aromatic N) is 2. The van der Waals surface area contributed by atoms with Gasteiger partial charge in [-0.05, 0) is 29.8 Å². The van der Waals surface area contributed by atoms with Crippen molar-refractivity contribution in [3.05, 3.63) is 63.9 Å². The third-order valence-electron chi connectivity index (χ3n) is 2.27. The van der Waals surface area contributed by atoms with Crippen LogP contribution in [-0.4, -0.2) is 17.1 Å². The molecule has 96 valence electrons. The van der Waals surface area contributed by atoms with E-state index >= 15 is 0 Å². The second-order valence-corrected chi connectivity index (χ2v) is 4.42. The zero-order chi connectivity index (χ0) is 13.7. The number of hydrazone groups is 1.